The number of para-hydroxylation sites is 1. The number of rotatable bonds is 6. The van der Waals surface area contributed by atoms with Crippen molar-refractivity contribution >= 4 is 16.8 Å². The number of nitrogens with zero attached hydrogens (tertiary/aromatic N) is 1. The van der Waals surface area contributed by atoms with Gasteiger partial charge in [-0.15, -0.1) is 0 Å². The number of aromatic nitrogens is 1. The van der Waals surface area contributed by atoms with Crippen LogP contribution in [0.1, 0.15) is 24.3 Å². The van der Waals surface area contributed by atoms with Crippen molar-refractivity contribution in [3.63, 3.8) is 0 Å². The van der Waals surface area contributed by atoms with E-state index in [9.17, 15) is 9.90 Å². The van der Waals surface area contributed by atoms with E-state index in [4.69, 9.17) is 0 Å². The molecule has 0 aliphatic carbocycles. The Labute approximate surface area is 118 Å². The van der Waals surface area contributed by atoms with Crippen LogP contribution in [0.4, 0.5) is 0 Å². The van der Waals surface area contributed by atoms with Crippen molar-refractivity contribution in [1.82, 2.24) is 15.2 Å². The molecular formula is C15H21N3O2. The van der Waals surface area contributed by atoms with Crippen molar-refractivity contribution in [2.24, 2.45) is 0 Å². The Bertz CT molecular complexity index is 588. The number of carbonyl (C=O) groups excluding carboxylic acids is 1. The van der Waals surface area contributed by atoms with Crippen molar-refractivity contribution in [3.05, 3.63) is 30.0 Å². The fourth-order valence-corrected chi connectivity index (χ4v) is 2.23. The number of likely N-dealkylation sites (N-methyl/N-ethyl adjacent to an activating group) is 1. The average Bonchev–Trinajstić information content (AvgIpc) is 2.89. The second-order valence-electron chi connectivity index (χ2n) is 4.71. The SMILES string of the molecule is CCN(CC)CCNC(=O)c1cc2cccc(O)c2[nH]1. The molecule has 0 unspecified atom stereocenters. The maximum Gasteiger partial charge on any atom is 0.267 e. The molecule has 0 aliphatic heterocycles. The molecule has 0 atom stereocenters. The highest BCUT2D eigenvalue weighted by Crippen LogP contribution is 2.24. The van der Waals surface area contributed by atoms with Gasteiger partial charge in [0.25, 0.3) is 5.91 Å². The Balaban J connectivity index is 1.99. The predicted octanol–water partition coefficient (Wildman–Crippen LogP) is 1.95. The minimum atomic E-state index is -0.146. The minimum Gasteiger partial charge on any atom is -0.506 e. The van der Waals surface area contributed by atoms with Crippen molar-refractivity contribution in [1.29, 1.82) is 0 Å². The van der Waals surface area contributed by atoms with E-state index in [1.807, 2.05) is 6.07 Å². The number of aromatic amines is 1. The van der Waals surface area contributed by atoms with E-state index in [1.165, 1.54) is 0 Å². The smallest absolute Gasteiger partial charge is 0.267 e. The summed E-state index contributed by atoms with van der Waals surface area (Å²) in [4.78, 5) is 17.2. The standard InChI is InChI=1S/C15H21N3O2/c1-3-18(4-2)9-8-16-15(20)12-10-11-6-5-7-13(19)14(11)17-12/h5-7,10,17,19H,3-4,8-9H2,1-2H3,(H,16,20). The molecule has 0 fully saturated rings. The number of nitrogens with one attached hydrogen (secondary N) is 2. The van der Waals surface area contributed by atoms with Crippen LogP contribution >= 0.6 is 0 Å². The normalized spacial score (nSPS) is 11.2. The van der Waals surface area contributed by atoms with Crippen LogP contribution in [0, 0.1) is 0 Å². The Morgan fingerprint density at radius 3 is 2.75 bits per heavy atom. The van der Waals surface area contributed by atoms with Gasteiger partial charge in [-0.25, -0.2) is 0 Å². The summed E-state index contributed by atoms with van der Waals surface area (Å²) in [7, 11) is 0. The van der Waals surface area contributed by atoms with Crippen LogP contribution < -0.4 is 5.32 Å². The van der Waals surface area contributed by atoms with Crippen molar-refractivity contribution < 1.29 is 9.90 Å². The summed E-state index contributed by atoms with van der Waals surface area (Å²) in [6.07, 6.45) is 0. The van der Waals surface area contributed by atoms with E-state index in [0.29, 0.717) is 17.8 Å². The third kappa shape index (κ3) is 3.11. The first-order valence-electron chi connectivity index (χ1n) is 6.97. The van der Waals surface area contributed by atoms with E-state index in [0.717, 1.165) is 25.0 Å². The first-order chi connectivity index (χ1) is 9.65. The van der Waals surface area contributed by atoms with E-state index in [-0.39, 0.29) is 11.7 Å². The molecule has 1 aromatic heterocycles. The second-order valence-corrected chi connectivity index (χ2v) is 4.71. The average molecular weight is 275 g/mol. The number of phenols is 1. The quantitative estimate of drug-likeness (QED) is 0.754. The Morgan fingerprint density at radius 1 is 1.35 bits per heavy atom. The highest BCUT2D eigenvalue weighted by Gasteiger charge is 2.11. The van der Waals surface area contributed by atoms with Crippen molar-refractivity contribution in [2.75, 3.05) is 26.2 Å². The van der Waals surface area contributed by atoms with Gasteiger partial charge in [0.15, 0.2) is 0 Å². The first kappa shape index (κ1) is 14.4. The molecule has 0 saturated heterocycles. The number of fused-ring (bicyclic) bond motifs is 1. The molecule has 5 heteroatoms. The molecule has 1 heterocycles. The summed E-state index contributed by atoms with van der Waals surface area (Å²) in [5.74, 6) is 0.0115. The van der Waals surface area contributed by atoms with Crippen LogP contribution in [0.5, 0.6) is 5.75 Å². The molecule has 0 aliphatic rings. The van der Waals surface area contributed by atoms with Gasteiger partial charge < -0.3 is 20.3 Å². The third-order valence-corrected chi connectivity index (χ3v) is 3.49. The lowest BCUT2D eigenvalue weighted by Gasteiger charge is -2.17. The van der Waals surface area contributed by atoms with Gasteiger partial charge >= 0.3 is 0 Å². The van der Waals surface area contributed by atoms with Crippen LogP contribution in [0.15, 0.2) is 24.3 Å². The zero-order valence-electron chi connectivity index (χ0n) is 11.9. The van der Waals surface area contributed by atoms with Crippen molar-refractivity contribution in [2.45, 2.75) is 13.8 Å². The summed E-state index contributed by atoms with van der Waals surface area (Å²) in [6.45, 7) is 7.61. The van der Waals surface area contributed by atoms with Gasteiger partial charge in [0.05, 0.1) is 5.52 Å². The number of hydrogen-bond acceptors (Lipinski definition) is 3. The number of benzene rings is 1. The fraction of sp³-hybridized carbons (Fsp3) is 0.400. The van der Waals surface area contributed by atoms with Gasteiger partial charge in [-0.3, -0.25) is 4.79 Å². The van der Waals surface area contributed by atoms with E-state index < -0.39 is 0 Å². The molecule has 2 aromatic rings. The van der Waals surface area contributed by atoms with E-state index >= 15 is 0 Å². The molecule has 5 nitrogen and oxygen atoms in total. The number of hydrogen-bond donors (Lipinski definition) is 3. The zero-order valence-corrected chi connectivity index (χ0v) is 11.9. The Morgan fingerprint density at radius 2 is 2.10 bits per heavy atom. The maximum absolute atomic E-state index is 12.0. The van der Waals surface area contributed by atoms with Gasteiger partial charge in [0.2, 0.25) is 0 Å². The van der Waals surface area contributed by atoms with E-state index in [2.05, 4.69) is 29.0 Å². The maximum atomic E-state index is 12.0. The molecule has 0 radical (unpaired) electrons. The molecule has 108 valence electrons. The van der Waals surface area contributed by atoms with Crippen LogP contribution in [0.3, 0.4) is 0 Å². The molecule has 0 saturated carbocycles. The predicted molar refractivity (Wildman–Crippen MR) is 80.1 cm³/mol. The molecular weight excluding hydrogens is 254 g/mol. The van der Waals surface area contributed by atoms with Crippen LogP contribution in [-0.2, 0) is 0 Å². The molecule has 1 aromatic carbocycles. The largest absolute Gasteiger partial charge is 0.506 e. The van der Waals surface area contributed by atoms with Gasteiger partial charge in [0.1, 0.15) is 11.4 Å². The highest BCUT2D eigenvalue weighted by atomic mass is 16.3. The molecule has 20 heavy (non-hydrogen) atoms. The van der Waals surface area contributed by atoms with E-state index in [1.54, 1.807) is 18.2 Å². The Kier molecular flexibility index (Phi) is 4.63. The number of carbonyl (C=O) groups is 1. The molecule has 2 rings (SSSR count). The fourth-order valence-electron chi connectivity index (χ4n) is 2.23. The van der Waals surface area contributed by atoms with Gasteiger partial charge in [-0.2, -0.15) is 0 Å². The number of aromatic hydroxyl groups is 1. The number of amides is 1. The summed E-state index contributed by atoms with van der Waals surface area (Å²) < 4.78 is 0. The van der Waals surface area contributed by atoms with Gasteiger partial charge in [-0.1, -0.05) is 26.0 Å². The molecule has 1 amide bonds. The number of phenolic OH excluding ortho intramolecular Hbond substituents is 1. The van der Waals surface area contributed by atoms with Gasteiger partial charge in [0, 0.05) is 18.5 Å². The zero-order chi connectivity index (χ0) is 14.5. The lowest BCUT2D eigenvalue weighted by molar-refractivity contribution is 0.0945. The summed E-state index contributed by atoms with van der Waals surface area (Å²) >= 11 is 0. The summed E-state index contributed by atoms with van der Waals surface area (Å²) in [5, 5.41) is 13.4. The topological polar surface area (TPSA) is 68.4 Å². The van der Waals surface area contributed by atoms with Crippen molar-refractivity contribution in [3.8, 4) is 5.75 Å². The lowest BCUT2D eigenvalue weighted by atomic mass is 10.2. The molecule has 3 N–H and O–H groups in total. The van der Waals surface area contributed by atoms with Crippen LogP contribution in [0.2, 0.25) is 0 Å². The first-order valence-corrected chi connectivity index (χ1v) is 6.97. The monoisotopic (exact) mass is 275 g/mol. The van der Waals surface area contributed by atoms with Gasteiger partial charge in [-0.05, 0) is 25.2 Å². The van der Waals surface area contributed by atoms with Crippen LogP contribution in [0.25, 0.3) is 10.9 Å². The Hall–Kier alpha value is -2.01. The molecule has 0 spiro atoms. The summed E-state index contributed by atoms with van der Waals surface area (Å²) in [5.41, 5.74) is 1.07. The lowest BCUT2D eigenvalue weighted by Crippen LogP contribution is -2.34. The highest BCUT2D eigenvalue weighted by molar-refractivity contribution is 5.99. The molecule has 0 bridgehead atoms. The second kappa shape index (κ2) is 6.43. The summed E-state index contributed by atoms with van der Waals surface area (Å²) in [6, 6.07) is 6.97. The third-order valence-electron chi connectivity index (χ3n) is 3.49. The number of H-pyrrole nitrogens is 1. The minimum absolute atomic E-state index is 0.146. The van der Waals surface area contributed by atoms with Crippen LogP contribution in [-0.4, -0.2) is 47.1 Å².